The first-order chi connectivity index (χ1) is 30.8. The molecular weight excluding hydrogens is 757 g/mol. The second-order valence-corrected chi connectivity index (χ2v) is 15.5. The van der Waals surface area contributed by atoms with Crippen LogP contribution in [0.25, 0.3) is 111 Å². The van der Waals surface area contributed by atoms with Gasteiger partial charge in [-0.05, 0) is 71.3 Å². The van der Waals surface area contributed by atoms with Crippen LogP contribution in [0.1, 0.15) is 0 Å². The van der Waals surface area contributed by atoms with Crippen molar-refractivity contribution in [2.75, 3.05) is 0 Å². The Hall–Kier alpha value is -8.48. The first kappa shape index (κ1) is 35.5. The molecule has 0 saturated heterocycles. The first-order valence-corrected chi connectivity index (χ1v) is 20.8. The Labute approximate surface area is 357 Å². The van der Waals surface area contributed by atoms with Gasteiger partial charge >= 0.3 is 0 Å². The number of aromatic nitrogens is 6. The maximum absolute atomic E-state index is 5.01. The molecule has 4 aromatic heterocycles. The molecule has 290 valence electrons. The van der Waals surface area contributed by atoms with Gasteiger partial charge in [-0.1, -0.05) is 152 Å². The zero-order valence-corrected chi connectivity index (χ0v) is 33.5. The summed E-state index contributed by atoms with van der Waals surface area (Å²) in [6.07, 6.45) is 3.78. The molecule has 4 heterocycles. The second-order valence-electron chi connectivity index (χ2n) is 15.5. The van der Waals surface area contributed by atoms with E-state index in [4.69, 9.17) is 19.9 Å². The van der Waals surface area contributed by atoms with Gasteiger partial charge in [-0.2, -0.15) is 0 Å². The number of hydrogen-bond acceptors (Lipinski definition) is 4. The fourth-order valence-corrected chi connectivity index (χ4v) is 9.11. The number of hydrogen-bond donors (Lipinski definition) is 0. The monoisotopic (exact) mass is 792 g/mol. The molecular formula is C56H36N6. The van der Waals surface area contributed by atoms with Crippen molar-refractivity contribution in [3.8, 4) is 67.8 Å². The Morgan fingerprint density at radius 2 is 0.710 bits per heavy atom. The Morgan fingerprint density at radius 1 is 0.290 bits per heavy atom. The Bertz CT molecular complexity index is 3570. The molecule has 8 aromatic carbocycles. The Kier molecular flexibility index (Phi) is 8.38. The summed E-state index contributed by atoms with van der Waals surface area (Å²) >= 11 is 0. The van der Waals surface area contributed by atoms with Gasteiger partial charge in [0.15, 0.2) is 17.5 Å². The van der Waals surface area contributed by atoms with Crippen LogP contribution in [0.3, 0.4) is 0 Å². The van der Waals surface area contributed by atoms with Crippen molar-refractivity contribution in [2.24, 2.45) is 0 Å². The summed E-state index contributed by atoms with van der Waals surface area (Å²) in [4.78, 5) is 19.7. The third kappa shape index (κ3) is 5.88. The molecule has 6 nitrogen and oxygen atoms in total. The van der Waals surface area contributed by atoms with Crippen LogP contribution in [0.4, 0.5) is 0 Å². The lowest BCUT2D eigenvalue weighted by Crippen LogP contribution is -2.00. The summed E-state index contributed by atoms with van der Waals surface area (Å²) in [5, 5.41) is 4.80. The molecule has 0 aliphatic heterocycles. The van der Waals surface area contributed by atoms with Gasteiger partial charge < -0.3 is 9.13 Å². The smallest absolute Gasteiger partial charge is 0.165 e. The molecule has 0 saturated carbocycles. The van der Waals surface area contributed by atoms with Crippen molar-refractivity contribution in [1.29, 1.82) is 0 Å². The molecule has 0 unspecified atom stereocenters. The van der Waals surface area contributed by atoms with E-state index in [2.05, 4.69) is 155 Å². The van der Waals surface area contributed by atoms with Crippen molar-refractivity contribution in [2.45, 2.75) is 0 Å². The minimum Gasteiger partial charge on any atom is -0.309 e. The van der Waals surface area contributed by atoms with Gasteiger partial charge in [0.2, 0.25) is 0 Å². The molecule has 0 atom stereocenters. The van der Waals surface area contributed by atoms with E-state index >= 15 is 0 Å². The van der Waals surface area contributed by atoms with Crippen molar-refractivity contribution < 1.29 is 0 Å². The van der Waals surface area contributed by atoms with Crippen molar-refractivity contribution in [3.63, 3.8) is 0 Å². The minimum absolute atomic E-state index is 0.570. The molecule has 12 aromatic rings. The number of para-hydroxylation sites is 3. The highest BCUT2D eigenvalue weighted by Crippen LogP contribution is 2.42. The average molecular weight is 793 g/mol. The van der Waals surface area contributed by atoms with Gasteiger partial charge in [-0.15, -0.1) is 0 Å². The molecule has 62 heavy (non-hydrogen) atoms. The van der Waals surface area contributed by atoms with E-state index in [0.29, 0.717) is 17.5 Å². The second kappa shape index (κ2) is 14.7. The highest BCUT2D eigenvalue weighted by atomic mass is 15.0. The summed E-state index contributed by atoms with van der Waals surface area (Å²) < 4.78 is 4.77. The topological polar surface area (TPSA) is 61.4 Å². The van der Waals surface area contributed by atoms with E-state index in [1.165, 1.54) is 32.8 Å². The van der Waals surface area contributed by atoms with Crippen LogP contribution < -0.4 is 0 Å². The maximum Gasteiger partial charge on any atom is 0.165 e. The maximum atomic E-state index is 5.01. The fourth-order valence-electron chi connectivity index (χ4n) is 9.11. The summed E-state index contributed by atoms with van der Waals surface area (Å²) in [6, 6.07) is 72.5. The lowest BCUT2D eigenvalue weighted by atomic mass is 9.99. The highest BCUT2D eigenvalue weighted by molar-refractivity contribution is 6.17. The van der Waals surface area contributed by atoms with E-state index in [1.54, 1.807) is 0 Å². The Morgan fingerprint density at radius 3 is 1.31 bits per heavy atom. The van der Waals surface area contributed by atoms with Crippen LogP contribution in [0, 0.1) is 0 Å². The summed E-state index contributed by atoms with van der Waals surface area (Å²) in [5.41, 5.74) is 13.9. The Balaban J connectivity index is 1.01. The number of pyridine rings is 1. The van der Waals surface area contributed by atoms with Crippen LogP contribution in [0.5, 0.6) is 0 Å². The molecule has 0 N–H and O–H groups in total. The van der Waals surface area contributed by atoms with Crippen molar-refractivity contribution >= 4 is 43.6 Å². The minimum atomic E-state index is 0.570. The van der Waals surface area contributed by atoms with Gasteiger partial charge in [-0.3, -0.25) is 4.98 Å². The van der Waals surface area contributed by atoms with Crippen molar-refractivity contribution in [1.82, 2.24) is 29.1 Å². The molecule has 6 heteroatoms. The van der Waals surface area contributed by atoms with Gasteiger partial charge in [0, 0.05) is 67.6 Å². The molecule has 0 amide bonds. The largest absolute Gasteiger partial charge is 0.309 e. The summed E-state index contributed by atoms with van der Waals surface area (Å²) in [5.74, 6) is 1.80. The van der Waals surface area contributed by atoms with Gasteiger partial charge in [0.05, 0.1) is 22.1 Å². The van der Waals surface area contributed by atoms with E-state index in [0.717, 1.165) is 61.2 Å². The van der Waals surface area contributed by atoms with E-state index in [-0.39, 0.29) is 0 Å². The zero-order chi connectivity index (χ0) is 41.0. The predicted octanol–water partition coefficient (Wildman–Crippen LogP) is 13.8. The van der Waals surface area contributed by atoms with Gasteiger partial charge in [0.25, 0.3) is 0 Å². The number of benzene rings is 8. The van der Waals surface area contributed by atoms with Crippen LogP contribution in [-0.4, -0.2) is 29.1 Å². The molecule has 12 rings (SSSR count). The van der Waals surface area contributed by atoms with E-state index in [9.17, 15) is 0 Å². The van der Waals surface area contributed by atoms with E-state index in [1.807, 2.05) is 73.1 Å². The zero-order valence-electron chi connectivity index (χ0n) is 33.5. The van der Waals surface area contributed by atoms with Crippen molar-refractivity contribution in [3.05, 3.63) is 219 Å². The number of fused-ring (bicyclic) bond motifs is 6. The molecule has 0 fully saturated rings. The summed E-state index contributed by atoms with van der Waals surface area (Å²) in [6.45, 7) is 0. The van der Waals surface area contributed by atoms with Gasteiger partial charge in [0.1, 0.15) is 0 Å². The van der Waals surface area contributed by atoms with E-state index < -0.39 is 0 Å². The van der Waals surface area contributed by atoms with Crippen LogP contribution in [0.2, 0.25) is 0 Å². The fraction of sp³-hybridized carbons (Fsp3) is 0. The normalized spacial score (nSPS) is 11.5. The highest BCUT2D eigenvalue weighted by Gasteiger charge is 2.20. The predicted molar refractivity (Wildman–Crippen MR) is 253 cm³/mol. The van der Waals surface area contributed by atoms with Gasteiger partial charge in [-0.25, -0.2) is 15.0 Å². The third-order valence-electron chi connectivity index (χ3n) is 11.8. The standard InChI is InChI=1S/C56H36N6/c1-4-17-37(18-5-1)54-58-55(38-19-6-2-7-20-38)60-56(59-54)41-33-40(35-57-36-41)45-28-16-32-51-53(45)47-26-11-13-30-49(47)62(51)43-24-14-21-39(34-43)44-27-15-31-50-52(44)46-25-10-12-29-48(46)61(50)42-22-8-3-9-23-42/h1-36H. The molecule has 0 spiro atoms. The quantitative estimate of drug-likeness (QED) is 0.161. The molecule has 0 bridgehead atoms. The molecule has 0 aliphatic rings. The summed E-state index contributed by atoms with van der Waals surface area (Å²) in [7, 11) is 0. The lowest BCUT2D eigenvalue weighted by Gasteiger charge is -2.12. The van der Waals surface area contributed by atoms with Crippen LogP contribution >= 0.6 is 0 Å². The third-order valence-corrected chi connectivity index (χ3v) is 11.8. The van der Waals surface area contributed by atoms with Crippen LogP contribution in [-0.2, 0) is 0 Å². The SMILES string of the molecule is c1ccc(-c2nc(-c3ccccc3)nc(-c3cncc(-c4cccc5c4c4ccccc4n5-c4cccc(-c5cccc6c5c5ccccc5n6-c5ccccc5)c4)c3)n2)cc1. The number of nitrogens with zero attached hydrogens (tertiary/aromatic N) is 6. The van der Waals surface area contributed by atoms with Crippen LogP contribution in [0.15, 0.2) is 219 Å². The number of rotatable bonds is 7. The molecule has 0 radical (unpaired) electrons. The molecule has 0 aliphatic carbocycles. The lowest BCUT2D eigenvalue weighted by molar-refractivity contribution is 1.07. The first-order valence-electron chi connectivity index (χ1n) is 20.8. The average Bonchev–Trinajstić information content (AvgIpc) is 3.88.